The molecule has 5 heteroatoms. The summed E-state index contributed by atoms with van der Waals surface area (Å²) in [5, 5.41) is 18.9. The normalized spacial score (nSPS) is 12.7. The Balaban J connectivity index is 2.30. The molecule has 0 radical (unpaired) electrons. The summed E-state index contributed by atoms with van der Waals surface area (Å²) in [5.74, 6) is -1.59. The SMILES string of the molecule is CC/C=C\C/C=C\C/C=C\C/C=C\C/C=C\CCCCOC(CC)(CC)C(=O)Cc1ccc(O)c(C(=O)O)c1. The number of ether oxygens (including phenoxy) is 1. The lowest BCUT2D eigenvalue weighted by Gasteiger charge is -2.30. The first-order valence-corrected chi connectivity index (χ1v) is 14.4. The largest absolute Gasteiger partial charge is 0.507 e. The molecule has 5 nitrogen and oxygen atoms in total. The van der Waals surface area contributed by atoms with E-state index in [2.05, 4.69) is 67.7 Å². The molecule has 0 saturated heterocycles. The Labute approximate surface area is 235 Å². The van der Waals surface area contributed by atoms with Crippen LogP contribution in [0, 0.1) is 0 Å². The van der Waals surface area contributed by atoms with Gasteiger partial charge >= 0.3 is 5.97 Å². The van der Waals surface area contributed by atoms with Gasteiger partial charge in [-0.1, -0.05) is 87.6 Å². The zero-order valence-corrected chi connectivity index (χ0v) is 24.1. The minimum atomic E-state index is -1.22. The number of hydrogen-bond donors (Lipinski definition) is 2. The van der Waals surface area contributed by atoms with E-state index < -0.39 is 11.6 Å². The molecule has 1 aromatic carbocycles. The van der Waals surface area contributed by atoms with E-state index in [1.807, 2.05) is 13.8 Å². The van der Waals surface area contributed by atoms with Crippen molar-refractivity contribution in [2.75, 3.05) is 6.61 Å². The maximum Gasteiger partial charge on any atom is 0.339 e. The number of phenols is 1. The predicted molar refractivity (Wildman–Crippen MR) is 161 cm³/mol. The first-order valence-electron chi connectivity index (χ1n) is 14.4. The average Bonchev–Trinajstić information content (AvgIpc) is 2.93. The highest BCUT2D eigenvalue weighted by Gasteiger charge is 2.35. The van der Waals surface area contributed by atoms with Gasteiger partial charge in [-0.3, -0.25) is 4.79 Å². The lowest BCUT2D eigenvalue weighted by atomic mass is 9.87. The van der Waals surface area contributed by atoms with Gasteiger partial charge in [0, 0.05) is 13.0 Å². The number of benzene rings is 1. The van der Waals surface area contributed by atoms with Crippen molar-refractivity contribution >= 4 is 11.8 Å². The second kappa shape index (κ2) is 20.7. The smallest absolute Gasteiger partial charge is 0.339 e. The number of carboxylic acid groups (broad SMARTS) is 1. The Morgan fingerprint density at radius 3 is 1.85 bits per heavy atom. The molecule has 1 rings (SSSR count). The summed E-state index contributed by atoms with van der Waals surface area (Å²) in [6.45, 7) is 6.54. The molecule has 1 aromatic rings. The molecule has 0 aliphatic rings. The van der Waals surface area contributed by atoms with Crippen LogP contribution < -0.4 is 0 Å². The van der Waals surface area contributed by atoms with Gasteiger partial charge in [-0.05, 0) is 81.9 Å². The van der Waals surface area contributed by atoms with Gasteiger partial charge in [0.05, 0.1) is 0 Å². The van der Waals surface area contributed by atoms with Gasteiger partial charge in [0.1, 0.15) is 16.9 Å². The van der Waals surface area contributed by atoms with Gasteiger partial charge in [-0.2, -0.15) is 0 Å². The summed E-state index contributed by atoms with van der Waals surface area (Å²) in [6, 6.07) is 4.26. The van der Waals surface area contributed by atoms with E-state index in [-0.39, 0.29) is 23.5 Å². The Morgan fingerprint density at radius 1 is 0.795 bits per heavy atom. The minimum absolute atomic E-state index is 0.0626. The first-order chi connectivity index (χ1) is 18.9. The molecule has 0 heterocycles. The van der Waals surface area contributed by atoms with Crippen LogP contribution in [0.4, 0.5) is 0 Å². The number of unbranched alkanes of at least 4 members (excludes halogenated alkanes) is 2. The summed E-state index contributed by atoms with van der Waals surface area (Å²) in [4.78, 5) is 24.4. The van der Waals surface area contributed by atoms with Crippen LogP contribution in [0.3, 0.4) is 0 Å². The standard InChI is InChI=1S/C34H48O5/c1-4-7-8-9-10-11-12-13-14-15-16-17-18-19-20-21-22-23-26-39-34(5-2,6-3)32(36)28-29-24-25-31(35)30(27-29)33(37)38/h7-8,10-11,13-14,16-17,19-20,24-25,27,35H,4-6,9,12,15,18,21-23,26,28H2,1-3H3,(H,37,38)/b8-7-,11-10-,14-13-,17-16-,20-19-. The monoisotopic (exact) mass is 536 g/mol. The van der Waals surface area contributed by atoms with E-state index in [1.54, 1.807) is 6.07 Å². The van der Waals surface area contributed by atoms with E-state index in [9.17, 15) is 19.8 Å². The molecule has 0 unspecified atom stereocenters. The van der Waals surface area contributed by atoms with E-state index >= 15 is 0 Å². The molecule has 0 aliphatic heterocycles. The maximum atomic E-state index is 13.1. The Kier molecular flexibility index (Phi) is 18.0. The van der Waals surface area contributed by atoms with Crippen LogP contribution >= 0.6 is 0 Å². The van der Waals surface area contributed by atoms with Gasteiger partial charge in [0.15, 0.2) is 5.78 Å². The highest BCUT2D eigenvalue weighted by atomic mass is 16.5. The summed E-state index contributed by atoms with van der Waals surface area (Å²) < 4.78 is 6.13. The van der Waals surface area contributed by atoms with Crippen molar-refractivity contribution in [1.29, 1.82) is 0 Å². The molecule has 0 bridgehead atoms. The molecule has 0 spiro atoms. The van der Waals surface area contributed by atoms with Gasteiger partial charge in [0.25, 0.3) is 0 Å². The van der Waals surface area contributed by atoms with Crippen LogP contribution in [-0.4, -0.2) is 34.2 Å². The Morgan fingerprint density at radius 2 is 1.33 bits per heavy atom. The molecular weight excluding hydrogens is 488 g/mol. The van der Waals surface area contributed by atoms with Crippen LogP contribution in [0.2, 0.25) is 0 Å². The molecule has 0 atom stereocenters. The van der Waals surface area contributed by atoms with Crippen LogP contribution in [0.15, 0.2) is 79.0 Å². The fourth-order valence-corrected chi connectivity index (χ4v) is 4.14. The number of rotatable bonds is 21. The van der Waals surface area contributed by atoms with Crippen molar-refractivity contribution in [3.8, 4) is 5.75 Å². The average molecular weight is 537 g/mol. The quantitative estimate of drug-likeness (QED) is 0.121. The lowest BCUT2D eigenvalue weighted by Crippen LogP contribution is -2.42. The summed E-state index contributed by atoms with van der Waals surface area (Å²) >= 11 is 0. The molecule has 2 N–H and O–H groups in total. The van der Waals surface area contributed by atoms with Crippen LogP contribution in [0.5, 0.6) is 5.75 Å². The fraction of sp³-hybridized carbons (Fsp3) is 0.471. The Hall–Kier alpha value is -3.18. The van der Waals surface area contributed by atoms with Gasteiger partial charge in [-0.15, -0.1) is 0 Å². The predicted octanol–water partition coefficient (Wildman–Crippen LogP) is 8.70. The number of carbonyl (C=O) groups excluding carboxylic acids is 1. The van der Waals surface area contributed by atoms with Crippen molar-refractivity contribution < 1.29 is 24.5 Å². The van der Waals surface area contributed by atoms with Crippen molar-refractivity contribution in [1.82, 2.24) is 0 Å². The minimum Gasteiger partial charge on any atom is -0.507 e. The van der Waals surface area contributed by atoms with Crippen molar-refractivity contribution in [3.05, 3.63) is 90.1 Å². The number of allylic oxidation sites excluding steroid dienone is 10. The zero-order chi connectivity index (χ0) is 28.8. The number of carboxylic acids is 1. The third-order valence-electron chi connectivity index (χ3n) is 6.61. The topological polar surface area (TPSA) is 83.8 Å². The number of aromatic hydroxyl groups is 1. The maximum absolute atomic E-state index is 13.1. The molecule has 0 aliphatic carbocycles. The summed E-state index contributed by atoms with van der Waals surface area (Å²) in [5.41, 5.74) is -0.517. The fourth-order valence-electron chi connectivity index (χ4n) is 4.14. The van der Waals surface area contributed by atoms with Crippen LogP contribution in [0.25, 0.3) is 0 Å². The second-order valence-corrected chi connectivity index (χ2v) is 9.51. The Bertz CT molecular complexity index is 993. The lowest BCUT2D eigenvalue weighted by molar-refractivity contribution is -0.145. The zero-order valence-electron chi connectivity index (χ0n) is 24.1. The van der Waals surface area contributed by atoms with E-state index in [1.165, 1.54) is 12.1 Å². The van der Waals surface area contributed by atoms with Gasteiger partial charge in [-0.25, -0.2) is 4.79 Å². The molecule has 0 aromatic heterocycles. The van der Waals surface area contributed by atoms with Crippen molar-refractivity contribution in [2.24, 2.45) is 0 Å². The number of Topliss-reactive ketones (excluding diaryl/α,β-unsaturated/α-hetero) is 1. The number of ketones is 1. The number of hydrogen-bond acceptors (Lipinski definition) is 4. The van der Waals surface area contributed by atoms with Crippen molar-refractivity contribution in [2.45, 2.75) is 97.0 Å². The van der Waals surface area contributed by atoms with E-state index in [0.717, 1.165) is 51.4 Å². The molecule has 0 saturated carbocycles. The molecular formula is C34H48O5. The summed E-state index contributed by atoms with van der Waals surface area (Å²) in [7, 11) is 0. The van der Waals surface area contributed by atoms with Crippen molar-refractivity contribution in [3.63, 3.8) is 0 Å². The van der Waals surface area contributed by atoms with E-state index in [4.69, 9.17) is 4.74 Å². The summed E-state index contributed by atoms with van der Waals surface area (Å²) in [6.07, 6.45) is 30.9. The third kappa shape index (κ3) is 14.0. The third-order valence-corrected chi connectivity index (χ3v) is 6.61. The molecule has 0 fully saturated rings. The highest BCUT2D eigenvalue weighted by molar-refractivity contribution is 5.92. The number of aromatic carboxylic acids is 1. The highest BCUT2D eigenvalue weighted by Crippen LogP contribution is 2.26. The first kappa shape index (κ1) is 33.8. The second-order valence-electron chi connectivity index (χ2n) is 9.51. The van der Waals surface area contributed by atoms with Gasteiger partial charge < -0.3 is 14.9 Å². The van der Waals surface area contributed by atoms with Crippen LogP contribution in [-0.2, 0) is 16.0 Å². The number of carbonyl (C=O) groups is 2. The van der Waals surface area contributed by atoms with Gasteiger partial charge in [0.2, 0.25) is 0 Å². The molecule has 39 heavy (non-hydrogen) atoms. The molecule has 214 valence electrons. The van der Waals surface area contributed by atoms with Crippen LogP contribution in [0.1, 0.15) is 101 Å². The van der Waals surface area contributed by atoms with E-state index in [0.29, 0.717) is 25.0 Å². The molecule has 0 amide bonds.